The highest BCUT2D eigenvalue weighted by Crippen LogP contribution is 2.35. The first kappa shape index (κ1) is 22.4. The summed E-state index contributed by atoms with van der Waals surface area (Å²) in [7, 11) is -3.54. The summed E-state index contributed by atoms with van der Waals surface area (Å²) >= 11 is 1.22. The van der Waals surface area contributed by atoms with Crippen LogP contribution >= 0.6 is 11.8 Å². The number of pyridine rings is 1. The summed E-state index contributed by atoms with van der Waals surface area (Å²) in [6, 6.07) is 17.9. The van der Waals surface area contributed by atoms with E-state index in [9.17, 15) is 17.6 Å². The smallest absolute Gasteiger partial charge is 0.244 e. The molecule has 9 heteroatoms. The number of hydrogen-bond donors (Lipinski definition) is 1. The Bertz CT molecular complexity index is 1170. The Morgan fingerprint density at radius 2 is 1.69 bits per heavy atom. The summed E-state index contributed by atoms with van der Waals surface area (Å²) in [5.41, 5.74) is 1.26. The molecule has 2 heterocycles. The average Bonchev–Trinajstić information content (AvgIpc) is 3.36. The highest BCUT2D eigenvalue weighted by molar-refractivity contribution is 8.00. The maximum Gasteiger partial charge on any atom is 0.244 e. The van der Waals surface area contributed by atoms with Crippen LogP contribution in [0.4, 0.5) is 10.1 Å². The number of halogens is 1. The van der Waals surface area contributed by atoms with E-state index in [1.165, 1.54) is 52.6 Å². The molecule has 1 atom stereocenters. The van der Waals surface area contributed by atoms with Crippen LogP contribution in [0.2, 0.25) is 0 Å². The fourth-order valence-corrected chi connectivity index (χ4v) is 5.85. The molecule has 0 unspecified atom stereocenters. The van der Waals surface area contributed by atoms with Crippen LogP contribution in [0.25, 0.3) is 0 Å². The van der Waals surface area contributed by atoms with Gasteiger partial charge >= 0.3 is 0 Å². The predicted molar refractivity (Wildman–Crippen MR) is 122 cm³/mol. The van der Waals surface area contributed by atoms with Crippen LogP contribution in [-0.4, -0.2) is 36.7 Å². The first-order valence-electron chi connectivity index (χ1n) is 10.2. The lowest BCUT2D eigenvalue weighted by atomic mass is 10.1. The zero-order valence-electron chi connectivity index (χ0n) is 17.1. The first-order valence-corrected chi connectivity index (χ1v) is 12.5. The molecule has 1 N–H and O–H groups in total. The predicted octanol–water partition coefficient (Wildman–Crippen LogP) is 4.48. The molecule has 3 aromatic rings. The zero-order valence-corrected chi connectivity index (χ0v) is 18.8. The number of aromatic nitrogens is 1. The Balaban J connectivity index is 1.54. The van der Waals surface area contributed by atoms with Crippen molar-refractivity contribution >= 4 is 33.4 Å². The fraction of sp³-hybridized carbons (Fsp3) is 0.217. The van der Waals surface area contributed by atoms with Crippen LogP contribution in [0.1, 0.15) is 23.7 Å². The van der Waals surface area contributed by atoms with Crippen molar-refractivity contribution in [3.05, 3.63) is 84.3 Å². The van der Waals surface area contributed by atoms with Crippen molar-refractivity contribution in [3.63, 3.8) is 0 Å². The molecule has 2 aromatic carbocycles. The third-order valence-electron chi connectivity index (χ3n) is 5.10. The van der Waals surface area contributed by atoms with Crippen LogP contribution in [0.3, 0.4) is 0 Å². The van der Waals surface area contributed by atoms with Crippen molar-refractivity contribution in [1.29, 1.82) is 0 Å². The minimum absolute atomic E-state index is 0.149. The number of carbonyl (C=O) groups excluding carboxylic acids is 1. The quantitative estimate of drug-likeness (QED) is 0.514. The number of sulfonamides is 1. The Morgan fingerprint density at radius 3 is 2.31 bits per heavy atom. The van der Waals surface area contributed by atoms with E-state index in [0.29, 0.717) is 23.8 Å². The largest absolute Gasteiger partial charge is 0.325 e. The molecule has 1 fully saturated rings. The summed E-state index contributed by atoms with van der Waals surface area (Å²) in [5.74, 6) is -0.673. The van der Waals surface area contributed by atoms with Gasteiger partial charge in [-0.05, 0) is 54.8 Å². The van der Waals surface area contributed by atoms with Crippen LogP contribution < -0.4 is 5.32 Å². The van der Waals surface area contributed by atoms with Gasteiger partial charge in [0.15, 0.2) is 0 Å². The number of nitrogens with one attached hydrogen (secondary N) is 1. The van der Waals surface area contributed by atoms with E-state index >= 15 is 0 Å². The van der Waals surface area contributed by atoms with Crippen molar-refractivity contribution < 1.29 is 17.6 Å². The molecule has 1 saturated heterocycles. The molecule has 0 spiro atoms. The summed E-state index contributed by atoms with van der Waals surface area (Å²) in [5, 5.41) is 2.70. The Kier molecular flexibility index (Phi) is 6.88. The molecule has 0 saturated carbocycles. The molecule has 1 aliphatic heterocycles. The van der Waals surface area contributed by atoms with Crippen LogP contribution in [0, 0.1) is 5.82 Å². The number of nitrogens with zero attached hydrogens (tertiary/aromatic N) is 2. The molecular formula is C23H22FN3O3S2. The third kappa shape index (κ3) is 5.17. The van der Waals surface area contributed by atoms with Gasteiger partial charge in [-0.25, -0.2) is 17.8 Å². The lowest BCUT2D eigenvalue weighted by molar-refractivity contribution is -0.115. The van der Waals surface area contributed by atoms with E-state index in [4.69, 9.17) is 0 Å². The maximum absolute atomic E-state index is 13.2. The normalized spacial score (nSPS) is 15.4. The maximum atomic E-state index is 13.2. The molecule has 1 aliphatic rings. The number of anilines is 1. The molecule has 32 heavy (non-hydrogen) atoms. The van der Waals surface area contributed by atoms with E-state index in [1.54, 1.807) is 6.07 Å². The average molecular weight is 472 g/mol. The van der Waals surface area contributed by atoms with Crippen molar-refractivity contribution in [3.8, 4) is 0 Å². The van der Waals surface area contributed by atoms with Crippen LogP contribution in [0.15, 0.2) is 82.8 Å². The second-order valence-electron chi connectivity index (χ2n) is 7.35. The van der Waals surface area contributed by atoms with Crippen LogP contribution in [0.5, 0.6) is 0 Å². The van der Waals surface area contributed by atoms with Gasteiger partial charge in [0.25, 0.3) is 0 Å². The van der Waals surface area contributed by atoms with Gasteiger partial charge in [-0.2, -0.15) is 4.31 Å². The van der Waals surface area contributed by atoms with Gasteiger partial charge in [-0.3, -0.25) is 4.79 Å². The van der Waals surface area contributed by atoms with Crippen molar-refractivity contribution in [2.75, 3.05) is 18.4 Å². The van der Waals surface area contributed by atoms with E-state index in [2.05, 4.69) is 10.3 Å². The van der Waals surface area contributed by atoms with Crippen molar-refractivity contribution in [1.82, 2.24) is 9.29 Å². The van der Waals surface area contributed by atoms with Gasteiger partial charge in [0, 0.05) is 25.0 Å². The Hall–Kier alpha value is -2.75. The van der Waals surface area contributed by atoms with Crippen molar-refractivity contribution in [2.24, 2.45) is 0 Å². The van der Waals surface area contributed by atoms with Gasteiger partial charge in [0.05, 0.1) is 5.03 Å². The van der Waals surface area contributed by atoms with Gasteiger partial charge in [0.2, 0.25) is 15.9 Å². The monoisotopic (exact) mass is 471 g/mol. The minimum Gasteiger partial charge on any atom is -0.325 e. The number of benzene rings is 2. The molecular weight excluding hydrogens is 449 g/mol. The number of thioether (sulfide) groups is 1. The molecule has 4 rings (SSSR count). The molecule has 166 valence electrons. The van der Waals surface area contributed by atoms with Gasteiger partial charge < -0.3 is 5.32 Å². The van der Waals surface area contributed by atoms with E-state index < -0.39 is 15.3 Å². The van der Waals surface area contributed by atoms with E-state index in [0.717, 1.165) is 18.4 Å². The van der Waals surface area contributed by atoms with Gasteiger partial charge in [0.1, 0.15) is 16.0 Å². The topological polar surface area (TPSA) is 79.4 Å². The second-order valence-corrected chi connectivity index (χ2v) is 10.4. The fourth-order valence-electron chi connectivity index (χ4n) is 3.43. The molecule has 0 radical (unpaired) electrons. The van der Waals surface area contributed by atoms with Gasteiger partial charge in [-0.1, -0.05) is 42.1 Å². The summed E-state index contributed by atoms with van der Waals surface area (Å²) in [6.07, 6.45) is 3.07. The van der Waals surface area contributed by atoms with Crippen molar-refractivity contribution in [2.45, 2.75) is 28.0 Å². The molecule has 6 nitrogen and oxygen atoms in total. The number of rotatable bonds is 7. The second kappa shape index (κ2) is 9.81. The number of carbonyl (C=O) groups is 1. The lowest BCUT2D eigenvalue weighted by Crippen LogP contribution is -2.27. The zero-order chi connectivity index (χ0) is 22.6. The van der Waals surface area contributed by atoms with Gasteiger partial charge in [-0.15, -0.1) is 0 Å². The molecule has 0 bridgehead atoms. The highest BCUT2D eigenvalue weighted by Gasteiger charge is 2.28. The molecule has 1 amide bonds. The Labute approximate surface area is 190 Å². The van der Waals surface area contributed by atoms with E-state index in [1.807, 2.05) is 30.3 Å². The standard InChI is InChI=1S/C23H22FN3O3S2/c24-18-8-10-19(11-9-18)26-23(28)22(17-6-2-1-3-7-17)31-21-13-12-20(16-25-21)32(29,30)27-14-4-5-15-27/h1-3,6-13,16,22H,4-5,14-15H2,(H,26,28)/t22-/m0/s1. The first-order chi connectivity index (χ1) is 15.4. The number of hydrogen-bond acceptors (Lipinski definition) is 5. The summed E-state index contributed by atoms with van der Waals surface area (Å²) < 4.78 is 40.1. The Morgan fingerprint density at radius 1 is 1.00 bits per heavy atom. The molecule has 1 aromatic heterocycles. The highest BCUT2D eigenvalue weighted by atomic mass is 32.2. The van der Waals surface area contributed by atoms with Crippen LogP contribution in [-0.2, 0) is 14.8 Å². The minimum atomic E-state index is -3.54. The SMILES string of the molecule is O=C(Nc1ccc(F)cc1)[C@@H](Sc1ccc(S(=O)(=O)N2CCCC2)cn1)c1ccccc1. The summed E-state index contributed by atoms with van der Waals surface area (Å²) in [4.78, 5) is 17.5. The number of amides is 1. The lowest BCUT2D eigenvalue weighted by Gasteiger charge is -2.18. The molecule has 0 aliphatic carbocycles. The summed E-state index contributed by atoms with van der Waals surface area (Å²) in [6.45, 7) is 1.05. The van der Waals surface area contributed by atoms with E-state index in [-0.39, 0.29) is 16.6 Å². The third-order valence-corrected chi connectivity index (χ3v) is 8.19.